The van der Waals surface area contributed by atoms with E-state index in [-0.39, 0.29) is 17.4 Å². The molecular formula is C18H25BO4. The SMILES string of the molecule is CC1CCC2CC1(OB(O)c1ccc(CC(=O)O)cc1)C2(C)C. The molecule has 0 saturated heterocycles. The molecule has 3 unspecified atom stereocenters. The number of hydrogen-bond acceptors (Lipinski definition) is 3. The average Bonchev–Trinajstić information content (AvgIpc) is 2.49. The molecule has 3 saturated carbocycles. The van der Waals surface area contributed by atoms with Gasteiger partial charge in [0.25, 0.3) is 0 Å². The third-order valence-electron chi connectivity index (χ3n) is 6.35. The van der Waals surface area contributed by atoms with E-state index in [1.807, 2.05) is 0 Å². The van der Waals surface area contributed by atoms with Gasteiger partial charge in [-0.15, -0.1) is 0 Å². The van der Waals surface area contributed by atoms with Gasteiger partial charge in [0.15, 0.2) is 0 Å². The second-order valence-electron chi connectivity index (χ2n) is 7.77. The Kier molecular flexibility index (Phi) is 4.05. The molecule has 0 radical (unpaired) electrons. The van der Waals surface area contributed by atoms with Gasteiger partial charge in [0.1, 0.15) is 0 Å². The molecule has 0 aromatic heterocycles. The quantitative estimate of drug-likeness (QED) is 0.818. The van der Waals surface area contributed by atoms with Crippen LogP contribution in [0, 0.1) is 17.3 Å². The number of carbonyl (C=O) groups is 1. The monoisotopic (exact) mass is 316 g/mol. The molecular weight excluding hydrogens is 291 g/mol. The summed E-state index contributed by atoms with van der Waals surface area (Å²) in [6, 6.07) is 7.01. The Morgan fingerprint density at radius 2 is 1.96 bits per heavy atom. The number of carboxylic acid groups (broad SMARTS) is 1. The summed E-state index contributed by atoms with van der Waals surface area (Å²) < 4.78 is 6.22. The number of hydrogen-bond donors (Lipinski definition) is 2. The summed E-state index contributed by atoms with van der Waals surface area (Å²) in [5.41, 5.74) is 1.25. The molecule has 1 aromatic rings. The van der Waals surface area contributed by atoms with Crippen molar-refractivity contribution >= 4 is 18.6 Å². The van der Waals surface area contributed by atoms with Crippen molar-refractivity contribution < 1.29 is 19.6 Å². The van der Waals surface area contributed by atoms with Gasteiger partial charge < -0.3 is 14.8 Å². The van der Waals surface area contributed by atoms with Crippen LogP contribution >= 0.6 is 0 Å². The van der Waals surface area contributed by atoms with Crippen molar-refractivity contribution in [1.82, 2.24) is 0 Å². The lowest BCUT2D eigenvalue weighted by Crippen LogP contribution is -2.70. The van der Waals surface area contributed by atoms with Gasteiger partial charge in [0.05, 0.1) is 12.0 Å². The van der Waals surface area contributed by atoms with Gasteiger partial charge in [-0.05, 0) is 47.5 Å². The zero-order valence-corrected chi connectivity index (χ0v) is 14.1. The molecule has 5 heteroatoms. The van der Waals surface area contributed by atoms with E-state index in [1.54, 1.807) is 24.3 Å². The van der Waals surface area contributed by atoms with Crippen molar-refractivity contribution in [1.29, 1.82) is 0 Å². The third kappa shape index (κ3) is 2.60. The Hall–Kier alpha value is -1.33. The Morgan fingerprint density at radius 3 is 2.48 bits per heavy atom. The van der Waals surface area contributed by atoms with E-state index in [2.05, 4.69) is 20.8 Å². The highest BCUT2D eigenvalue weighted by Crippen LogP contribution is 2.65. The van der Waals surface area contributed by atoms with Crippen LogP contribution in [0.3, 0.4) is 0 Å². The number of aliphatic carboxylic acids is 1. The summed E-state index contributed by atoms with van der Waals surface area (Å²) in [6.45, 7) is 6.72. The Balaban J connectivity index is 1.74. The Labute approximate surface area is 138 Å². The largest absolute Gasteiger partial charge is 0.491 e. The minimum Gasteiger partial charge on any atom is -0.481 e. The Bertz CT molecular complexity index is 598. The fourth-order valence-electron chi connectivity index (χ4n) is 4.64. The van der Waals surface area contributed by atoms with E-state index in [0.717, 1.165) is 18.4 Å². The van der Waals surface area contributed by atoms with Crippen LogP contribution in [0.4, 0.5) is 0 Å². The fourth-order valence-corrected chi connectivity index (χ4v) is 4.64. The topological polar surface area (TPSA) is 66.8 Å². The molecule has 124 valence electrons. The lowest BCUT2D eigenvalue weighted by molar-refractivity contribution is -0.241. The van der Waals surface area contributed by atoms with Gasteiger partial charge in [-0.3, -0.25) is 4.79 Å². The average molecular weight is 316 g/mol. The van der Waals surface area contributed by atoms with E-state index in [4.69, 9.17) is 9.76 Å². The van der Waals surface area contributed by atoms with Crippen molar-refractivity contribution in [3.63, 3.8) is 0 Å². The third-order valence-corrected chi connectivity index (χ3v) is 6.35. The van der Waals surface area contributed by atoms with Crippen LogP contribution in [-0.2, 0) is 15.9 Å². The summed E-state index contributed by atoms with van der Waals surface area (Å²) in [5.74, 6) is 0.263. The smallest absolute Gasteiger partial charge is 0.481 e. The maximum atomic E-state index is 10.7. The highest BCUT2D eigenvalue weighted by Gasteiger charge is 2.66. The molecule has 2 N–H and O–H groups in total. The minimum absolute atomic E-state index is 0.00703. The van der Waals surface area contributed by atoms with E-state index in [1.165, 1.54) is 6.42 Å². The maximum absolute atomic E-state index is 10.7. The second kappa shape index (κ2) is 5.64. The molecule has 0 heterocycles. The molecule has 1 aromatic carbocycles. The summed E-state index contributed by atoms with van der Waals surface area (Å²) in [5, 5.41) is 19.4. The predicted octanol–water partition coefficient (Wildman–Crippen LogP) is 2.23. The minimum atomic E-state index is -0.963. The molecule has 2 bridgehead atoms. The maximum Gasteiger partial charge on any atom is 0.491 e. The molecule has 0 spiro atoms. The van der Waals surface area contributed by atoms with Crippen molar-refractivity contribution in [2.75, 3.05) is 0 Å². The highest BCUT2D eigenvalue weighted by molar-refractivity contribution is 6.60. The molecule has 3 aliphatic carbocycles. The molecule has 23 heavy (non-hydrogen) atoms. The van der Waals surface area contributed by atoms with Crippen molar-refractivity contribution in [3.8, 4) is 0 Å². The first-order valence-electron chi connectivity index (χ1n) is 8.43. The fraction of sp³-hybridized carbons (Fsp3) is 0.611. The summed E-state index contributed by atoms with van der Waals surface area (Å²) in [7, 11) is -0.963. The summed E-state index contributed by atoms with van der Waals surface area (Å²) in [6.07, 6.45) is 3.42. The van der Waals surface area contributed by atoms with Gasteiger partial charge in [-0.2, -0.15) is 0 Å². The van der Waals surface area contributed by atoms with Gasteiger partial charge in [-0.1, -0.05) is 45.0 Å². The van der Waals surface area contributed by atoms with Crippen molar-refractivity contribution in [3.05, 3.63) is 29.8 Å². The lowest BCUT2D eigenvalue weighted by Gasteiger charge is -2.68. The molecule has 3 atom stereocenters. The van der Waals surface area contributed by atoms with E-state index in [0.29, 0.717) is 17.3 Å². The van der Waals surface area contributed by atoms with Crippen molar-refractivity contribution in [2.45, 2.75) is 52.1 Å². The molecule has 3 fully saturated rings. The summed E-state index contributed by atoms with van der Waals surface area (Å²) in [4.78, 5) is 10.7. The number of carboxylic acids is 1. The molecule has 0 amide bonds. The molecule has 0 aliphatic heterocycles. The second-order valence-corrected chi connectivity index (χ2v) is 7.77. The zero-order chi connectivity index (χ0) is 16.8. The first-order valence-corrected chi connectivity index (χ1v) is 8.43. The molecule has 3 aliphatic rings. The number of benzene rings is 1. The zero-order valence-electron chi connectivity index (χ0n) is 14.1. The normalized spacial score (nSPS) is 31.3. The standard InChI is InChI=1S/C18H25BO4/c1-12-4-7-14-11-18(12,17(14,2)3)23-19(22)15-8-5-13(6-9-15)10-16(20)21/h5-6,8-9,12,14,22H,4,7,10-11H2,1-3H3,(H,20,21). The van der Waals surface area contributed by atoms with Crippen LogP contribution < -0.4 is 5.46 Å². The molecule has 4 nitrogen and oxygen atoms in total. The van der Waals surface area contributed by atoms with Gasteiger partial charge in [0.2, 0.25) is 0 Å². The van der Waals surface area contributed by atoms with Crippen LogP contribution in [0.5, 0.6) is 0 Å². The first kappa shape index (κ1) is 16.5. The van der Waals surface area contributed by atoms with Crippen LogP contribution in [0.1, 0.15) is 45.6 Å². The highest BCUT2D eigenvalue weighted by atomic mass is 16.5. The number of fused-ring (bicyclic) bond motifs is 2. The van der Waals surface area contributed by atoms with Gasteiger partial charge in [0, 0.05) is 0 Å². The van der Waals surface area contributed by atoms with E-state index >= 15 is 0 Å². The predicted molar refractivity (Wildman–Crippen MR) is 89.5 cm³/mol. The van der Waals surface area contributed by atoms with Crippen LogP contribution in [0.2, 0.25) is 0 Å². The Morgan fingerprint density at radius 1 is 1.30 bits per heavy atom. The van der Waals surface area contributed by atoms with Crippen molar-refractivity contribution in [2.24, 2.45) is 17.3 Å². The van der Waals surface area contributed by atoms with Crippen LogP contribution in [-0.4, -0.2) is 28.8 Å². The van der Waals surface area contributed by atoms with Crippen LogP contribution in [0.15, 0.2) is 24.3 Å². The molecule has 4 rings (SSSR count). The lowest BCUT2D eigenvalue weighted by atomic mass is 9.42. The number of rotatable bonds is 5. The van der Waals surface area contributed by atoms with E-state index < -0.39 is 13.1 Å². The van der Waals surface area contributed by atoms with Gasteiger partial charge in [-0.25, -0.2) is 0 Å². The summed E-state index contributed by atoms with van der Waals surface area (Å²) >= 11 is 0. The first-order chi connectivity index (χ1) is 10.8. The van der Waals surface area contributed by atoms with Gasteiger partial charge >= 0.3 is 13.1 Å². The van der Waals surface area contributed by atoms with Crippen LogP contribution in [0.25, 0.3) is 0 Å². The van der Waals surface area contributed by atoms with E-state index in [9.17, 15) is 9.82 Å².